The molecule has 0 radical (unpaired) electrons. The minimum absolute atomic E-state index is 0. The summed E-state index contributed by atoms with van der Waals surface area (Å²) in [5.41, 5.74) is 1.81. The van der Waals surface area contributed by atoms with Crippen molar-refractivity contribution in [3.8, 4) is 0 Å². The molecule has 9 heteroatoms. The van der Waals surface area contributed by atoms with Crippen LogP contribution in [-0.2, 0) is 0 Å². The molecule has 7 nitrogen and oxygen atoms in total. The Hall–Kier alpha value is -1.91. The molecule has 1 aromatic heterocycles. The molecule has 174 valence electrons. The number of halogens is 2. The van der Waals surface area contributed by atoms with Crippen molar-refractivity contribution in [1.82, 2.24) is 25.8 Å². The maximum absolute atomic E-state index is 12.1. The van der Waals surface area contributed by atoms with Gasteiger partial charge in [-0.05, 0) is 62.2 Å². The molecule has 0 spiro atoms. The second-order valence-corrected chi connectivity index (χ2v) is 8.20. The van der Waals surface area contributed by atoms with Crippen molar-refractivity contribution >= 4 is 47.4 Å². The Labute approximate surface area is 212 Å². The Morgan fingerprint density at radius 1 is 1.22 bits per heavy atom. The Morgan fingerprint density at radius 2 is 2.03 bits per heavy atom. The minimum atomic E-state index is -0.132. The molecule has 0 aliphatic carbocycles. The van der Waals surface area contributed by atoms with Crippen LogP contribution in [0.1, 0.15) is 34.8 Å². The third-order valence-electron chi connectivity index (χ3n) is 5.58. The molecule has 1 fully saturated rings. The minimum Gasteiger partial charge on any atom is -0.356 e. The highest BCUT2D eigenvalue weighted by Crippen LogP contribution is 2.35. The Bertz CT molecular complexity index is 882. The normalized spacial score (nSPS) is 19.0. The van der Waals surface area contributed by atoms with Gasteiger partial charge < -0.3 is 16.0 Å². The van der Waals surface area contributed by atoms with E-state index in [9.17, 15) is 4.79 Å². The van der Waals surface area contributed by atoms with Crippen molar-refractivity contribution in [3.63, 3.8) is 0 Å². The molecular formula is C23H32ClIN6O. The summed E-state index contributed by atoms with van der Waals surface area (Å²) < 4.78 is 0. The fourth-order valence-electron chi connectivity index (χ4n) is 4.10. The summed E-state index contributed by atoms with van der Waals surface area (Å²) in [7, 11) is 3.93. The summed E-state index contributed by atoms with van der Waals surface area (Å²) in [4.78, 5) is 22.8. The molecule has 0 bridgehead atoms. The number of guanidine groups is 1. The molecule has 0 saturated carbocycles. The van der Waals surface area contributed by atoms with Gasteiger partial charge in [0, 0.05) is 50.1 Å². The van der Waals surface area contributed by atoms with Crippen LogP contribution >= 0.6 is 35.6 Å². The highest BCUT2D eigenvalue weighted by atomic mass is 127. The summed E-state index contributed by atoms with van der Waals surface area (Å²) in [6.45, 7) is 2.96. The van der Waals surface area contributed by atoms with Crippen LogP contribution in [0.5, 0.6) is 0 Å². The average molecular weight is 571 g/mol. The SMILES string of the molecule is CN=C(NCCNC(=O)c1cccnc1)NCC1CCCN(C)C1c1cccc(Cl)c1.I. The fourth-order valence-corrected chi connectivity index (χ4v) is 4.29. The lowest BCUT2D eigenvalue weighted by Gasteiger charge is -2.40. The summed E-state index contributed by atoms with van der Waals surface area (Å²) >= 11 is 6.25. The number of rotatable bonds is 7. The van der Waals surface area contributed by atoms with Gasteiger partial charge in [0.05, 0.1) is 5.56 Å². The molecule has 2 atom stereocenters. The first-order valence-corrected chi connectivity index (χ1v) is 11.0. The van der Waals surface area contributed by atoms with Crippen molar-refractivity contribution in [3.05, 3.63) is 64.9 Å². The smallest absolute Gasteiger partial charge is 0.252 e. The van der Waals surface area contributed by atoms with Crippen LogP contribution < -0.4 is 16.0 Å². The Morgan fingerprint density at radius 3 is 2.75 bits per heavy atom. The summed E-state index contributed by atoms with van der Waals surface area (Å²) in [5, 5.41) is 10.4. The monoisotopic (exact) mass is 570 g/mol. The number of nitrogens with zero attached hydrogens (tertiary/aromatic N) is 3. The highest BCUT2D eigenvalue weighted by Gasteiger charge is 2.30. The number of hydrogen-bond donors (Lipinski definition) is 3. The van der Waals surface area contributed by atoms with Gasteiger partial charge >= 0.3 is 0 Å². The van der Waals surface area contributed by atoms with E-state index in [0.29, 0.717) is 30.6 Å². The van der Waals surface area contributed by atoms with Crippen molar-refractivity contribution in [2.75, 3.05) is 40.3 Å². The molecule has 2 heterocycles. The topological polar surface area (TPSA) is 81.6 Å². The van der Waals surface area contributed by atoms with E-state index in [1.807, 2.05) is 12.1 Å². The van der Waals surface area contributed by atoms with Crippen LogP contribution in [-0.4, -0.2) is 62.0 Å². The number of amides is 1. The number of carbonyl (C=O) groups excluding carboxylic acids is 1. The molecule has 1 aromatic carbocycles. The van der Waals surface area contributed by atoms with Gasteiger partial charge in [-0.2, -0.15) is 0 Å². The number of benzene rings is 1. The molecule has 1 saturated heterocycles. The average Bonchev–Trinajstić information content (AvgIpc) is 2.79. The van der Waals surface area contributed by atoms with Gasteiger partial charge in [-0.1, -0.05) is 23.7 Å². The van der Waals surface area contributed by atoms with E-state index >= 15 is 0 Å². The third-order valence-corrected chi connectivity index (χ3v) is 5.81. The number of aromatic nitrogens is 1. The first-order chi connectivity index (χ1) is 15.1. The molecule has 3 rings (SSSR count). The van der Waals surface area contributed by atoms with Crippen LogP contribution in [0.2, 0.25) is 5.02 Å². The largest absolute Gasteiger partial charge is 0.356 e. The summed E-state index contributed by atoms with van der Waals surface area (Å²) in [5.74, 6) is 1.04. The molecule has 1 aliphatic rings. The van der Waals surface area contributed by atoms with Gasteiger partial charge in [0.1, 0.15) is 0 Å². The number of likely N-dealkylation sites (tertiary alicyclic amines) is 1. The fraction of sp³-hybridized carbons (Fsp3) is 0.435. The van der Waals surface area contributed by atoms with E-state index < -0.39 is 0 Å². The number of nitrogens with one attached hydrogen (secondary N) is 3. The lowest BCUT2D eigenvalue weighted by molar-refractivity contribution is 0.0954. The molecule has 3 N–H and O–H groups in total. The maximum atomic E-state index is 12.1. The Balaban J connectivity index is 0.00000363. The van der Waals surface area contributed by atoms with E-state index in [-0.39, 0.29) is 29.9 Å². The van der Waals surface area contributed by atoms with Gasteiger partial charge in [0.15, 0.2) is 5.96 Å². The van der Waals surface area contributed by atoms with Crippen molar-refractivity contribution in [2.24, 2.45) is 10.9 Å². The van der Waals surface area contributed by atoms with Gasteiger partial charge in [-0.3, -0.25) is 19.7 Å². The van der Waals surface area contributed by atoms with Crippen molar-refractivity contribution in [2.45, 2.75) is 18.9 Å². The lowest BCUT2D eigenvalue weighted by atomic mass is 9.85. The lowest BCUT2D eigenvalue weighted by Crippen LogP contribution is -2.46. The van der Waals surface area contributed by atoms with Crippen molar-refractivity contribution < 1.29 is 4.79 Å². The zero-order chi connectivity index (χ0) is 22.1. The molecule has 2 aromatic rings. The zero-order valence-corrected chi connectivity index (χ0v) is 21.6. The number of hydrogen-bond acceptors (Lipinski definition) is 4. The van der Waals surface area contributed by atoms with Crippen LogP contribution in [0.3, 0.4) is 0 Å². The van der Waals surface area contributed by atoms with Crippen LogP contribution in [0, 0.1) is 5.92 Å². The highest BCUT2D eigenvalue weighted by molar-refractivity contribution is 14.0. The van der Waals surface area contributed by atoms with E-state index in [0.717, 1.165) is 30.5 Å². The van der Waals surface area contributed by atoms with Gasteiger partial charge in [-0.15, -0.1) is 24.0 Å². The van der Waals surface area contributed by atoms with Crippen LogP contribution in [0.25, 0.3) is 0 Å². The number of carbonyl (C=O) groups is 1. The second kappa shape index (κ2) is 13.6. The van der Waals surface area contributed by atoms with Gasteiger partial charge in [0.2, 0.25) is 0 Å². The molecule has 32 heavy (non-hydrogen) atoms. The molecule has 1 aliphatic heterocycles. The van der Waals surface area contributed by atoms with Crippen LogP contribution in [0.15, 0.2) is 53.8 Å². The van der Waals surface area contributed by atoms with Crippen molar-refractivity contribution in [1.29, 1.82) is 0 Å². The van der Waals surface area contributed by atoms with E-state index in [2.05, 4.69) is 50.0 Å². The first-order valence-electron chi connectivity index (χ1n) is 10.7. The molecular weight excluding hydrogens is 539 g/mol. The zero-order valence-electron chi connectivity index (χ0n) is 18.6. The quantitative estimate of drug-likeness (QED) is 0.206. The Kier molecular flexibility index (Phi) is 11.2. The van der Waals surface area contributed by atoms with E-state index in [1.54, 1.807) is 31.6 Å². The standard InChI is InChI=1S/C23H31ClN6O.HI/c1-25-23(28-12-11-27-22(31)19-7-4-10-26-15-19)29-16-18-8-5-13-30(2)21(18)17-6-3-9-20(24)14-17;/h3-4,6-7,9-10,14-15,18,21H,5,8,11-13,16H2,1-2H3,(H,27,31)(H2,25,28,29);1H. The summed E-state index contributed by atoms with van der Waals surface area (Å²) in [6.07, 6.45) is 5.52. The number of piperidine rings is 1. The first kappa shape index (κ1) is 26.3. The molecule has 2 unspecified atom stereocenters. The predicted molar refractivity (Wildman–Crippen MR) is 141 cm³/mol. The molecule has 1 amide bonds. The van der Waals surface area contributed by atoms with Gasteiger partial charge in [0.25, 0.3) is 5.91 Å². The van der Waals surface area contributed by atoms with E-state index in [1.165, 1.54) is 12.0 Å². The van der Waals surface area contributed by atoms with Gasteiger partial charge in [-0.25, -0.2) is 0 Å². The maximum Gasteiger partial charge on any atom is 0.252 e. The second-order valence-electron chi connectivity index (χ2n) is 7.76. The van der Waals surface area contributed by atoms with Crippen LogP contribution in [0.4, 0.5) is 0 Å². The third kappa shape index (κ3) is 7.60. The predicted octanol–water partition coefficient (Wildman–Crippen LogP) is 3.33. The summed E-state index contributed by atoms with van der Waals surface area (Å²) in [6, 6.07) is 12.0. The number of aliphatic imine (C=N–C) groups is 1. The number of pyridine rings is 1. The van der Waals surface area contributed by atoms with E-state index in [4.69, 9.17) is 11.6 Å².